The maximum atomic E-state index is 12.2. The number of benzene rings is 1. The molecule has 0 spiro atoms. The quantitative estimate of drug-likeness (QED) is 0.697. The Morgan fingerprint density at radius 1 is 1.21 bits per heavy atom. The van der Waals surface area contributed by atoms with Gasteiger partial charge in [0.05, 0.1) is 32.3 Å². The third-order valence-electron chi connectivity index (χ3n) is 3.80. The lowest BCUT2D eigenvalue weighted by molar-refractivity contribution is -0.135. The van der Waals surface area contributed by atoms with Gasteiger partial charge >= 0.3 is 0 Å². The Balaban J connectivity index is 2.22. The molecule has 0 N–H and O–H groups in total. The Kier molecular flexibility index (Phi) is 6.31. The molecular formula is C15H20ClNO6S. The van der Waals surface area contributed by atoms with Gasteiger partial charge in [0.1, 0.15) is 0 Å². The molecule has 0 aliphatic carbocycles. The van der Waals surface area contributed by atoms with Gasteiger partial charge in [0.15, 0.2) is 11.5 Å². The molecule has 1 heterocycles. The zero-order valence-corrected chi connectivity index (χ0v) is 15.2. The van der Waals surface area contributed by atoms with Gasteiger partial charge < -0.3 is 19.1 Å². The van der Waals surface area contributed by atoms with Gasteiger partial charge in [-0.15, -0.1) is 0 Å². The van der Waals surface area contributed by atoms with Crippen LogP contribution in [0.1, 0.15) is 12.0 Å². The number of aryl methyl sites for hydroxylation is 1. The fourth-order valence-corrected chi connectivity index (χ4v) is 3.69. The number of hydrogen-bond donors (Lipinski definition) is 0. The van der Waals surface area contributed by atoms with E-state index >= 15 is 0 Å². The molecule has 0 aromatic heterocycles. The number of hydrogen-bond acceptors (Lipinski definition) is 6. The Morgan fingerprint density at radius 2 is 1.79 bits per heavy atom. The maximum Gasteiger partial charge on any atom is 0.261 e. The highest BCUT2D eigenvalue weighted by molar-refractivity contribution is 8.13. The molecule has 1 aromatic carbocycles. The molecule has 0 radical (unpaired) electrons. The molecular weight excluding hydrogens is 358 g/mol. The van der Waals surface area contributed by atoms with Crippen LogP contribution in [0.15, 0.2) is 17.0 Å². The fraction of sp³-hybridized carbons (Fsp3) is 0.533. The molecule has 0 unspecified atom stereocenters. The molecule has 1 saturated heterocycles. The van der Waals surface area contributed by atoms with Crippen LogP contribution < -0.4 is 9.47 Å². The first-order chi connectivity index (χ1) is 11.4. The van der Waals surface area contributed by atoms with Crippen molar-refractivity contribution in [1.29, 1.82) is 0 Å². The number of methoxy groups -OCH3 is 2. The van der Waals surface area contributed by atoms with Crippen LogP contribution in [0.2, 0.25) is 0 Å². The molecule has 24 heavy (non-hydrogen) atoms. The lowest BCUT2D eigenvalue weighted by Crippen LogP contribution is -2.40. The zero-order chi connectivity index (χ0) is 17.7. The van der Waals surface area contributed by atoms with Gasteiger partial charge in [-0.3, -0.25) is 4.79 Å². The topological polar surface area (TPSA) is 82.1 Å². The summed E-state index contributed by atoms with van der Waals surface area (Å²) in [6.07, 6.45) is 0.409. The molecule has 134 valence electrons. The van der Waals surface area contributed by atoms with Crippen LogP contribution in [0.3, 0.4) is 0 Å². The van der Waals surface area contributed by atoms with Crippen molar-refractivity contribution in [3.8, 4) is 11.5 Å². The van der Waals surface area contributed by atoms with Crippen LogP contribution in [-0.2, 0) is 25.0 Å². The highest BCUT2D eigenvalue weighted by Crippen LogP contribution is 2.34. The van der Waals surface area contributed by atoms with Crippen molar-refractivity contribution in [2.24, 2.45) is 0 Å². The first kappa shape index (κ1) is 18.8. The second kappa shape index (κ2) is 8.04. The van der Waals surface area contributed by atoms with Crippen molar-refractivity contribution in [3.05, 3.63) is 17.7 Å². The number of morpholine rings is 1. The molecule has 1 aliphatic heterocycles. The van der Waals surface area contributed by atoms with Crippen molar-refractivity contribution in [3.63, 3.8) is 0 Å². The Labute approximate surface area is 145 Å². The standard InChI is InChI=1S/C15H20ClNO6S/c1-21-12-9-11(14(24(16,19)20)10-13(12)22-2)3-4-15(18)17-5-7-23-8-6-17/h9-10H,3-8H2,1-2H3. The monoisotopic (exact) mass is 377 g/mol. The van der Waals surface area contributed by atoms with Gasteiger partial charge in [-0.1, -0.05) is 0 Å². The average molecular weight is 378 g/mol. The second-order valence-electron chi connectivity index (χ2n) is 5.25. The number of carbonyl (C=O) groups is 1. The average Bonchev–Trinajstić information content (AvgIpc) is 2.58. The first-order valence-electron chi connectivity index (χ1n) is 7.42. The maximum absolute atomic E-state index is 12.2. The van der Waals surface area contributed by atoms with Gasteiger partial charge in [0, 0.05) is 36.3 Å². The SMILES string of the molecule is COc1cc(CCC(=O)N2CCOCC2)c(S(=O)(=O)Cl)cc1OC. The van der Waals surface area contributed by atoms with E-state index < -0.39 is 9.05 Å². The van der Waals surface area contributed by atoms with Crippen molar-refractivity contribution in [1.82, 2.24) is 4.90 Å². The van der Waals surface area contributed by atoms with E-state index in [1.54, 1.807) is 11.0 Å². The van der Waals surface area contributed by atoms with Gasteiger partial charge in [-0.2, -0.15) is 0 Å². The highest BCUT2D eigenvalue weighted by atomic mass is 35.7. The van der Waals surface area contributed by atoms with E-state index in [0.717, 1.165) is 0 Å². The number of amides is 1. The lowest BCUT2D eigenvalue weighted by atomic mass is 10.1. The lowest BCUT2D eigenvalue weighted by Gasteiger charge is -2.27. The van der Waals surface area contributed by atoms with E-state index in [0.29, 0.717) is 37.6 Å². The summed E-state index contributed by atoms with van der Waals surface area (Å²) in [6, 6.07) is 2.86. The van der Waals surface area contributed by atoms with E-state index in [1.165, 1.54) is 20.3 Å². The first-order valence-corrected chi connectivity index (χ1v) is 9.73. The van der Waals surface area contributed by atoms with E-state index in [9.17, 15) is 13.2 Å². The van der Waals surface area contributed by atoms with Crippen LogP contribution >= 0.6 is 10.7 Å². The molecule has 1 aliphatic rings. The van der Waals surface area contributed by atoms with Crippen LogP contribution in [-0.4, -0.2) is 59.7 Å². The summed E-state index contributed by atoms with van der Waals surface area (Å²) in [5.74, 6) is 0.598. The summed E-state index contributed by atoms with van der Waals surface area (Å²) in [4.78, 5) is 13.9. The Morgan fingerprint density at radius 3 is 2.33 bits per heavy atom. The molecule has 0 bridgehead atoms. The number of halogens is 1. The van der Waals surface area contributed by atoms with Gasteiger partial charge in [0.2, 0.25) is 5.91 Å². The van der Waals surface area contributed by atoms with Crippen LogP contribution in [0.4, 0.5) is 0 Å². The molecule has 0 saturated carbocycles. The van der Waals surface area contributed by atoms with E-state index in [-0.39, 0.29) is 29.4 Å². The summed E-state index contributed by atoms with van der Waals surface area (Å²) in [6.45, 7) is 2.13. The summed E-state index contributed by atoms with van der Waals surface area (Å²) in [7, 11) is 4.40. The third kappa shape index (κ3) is 4.52. The second-order valence-corrected chi connectivity index (χ2v) is 7.78. The van der Waals surface area contributed by atoms with Crippen LogP contribution in [0.5, 0.6) is 11.5 Å². The van der Waals surface area contributed by atoms with Gasteiger partial charge in [-0.25, -0.2) is 8.42 Å². The molecule has 9 heteroatoms. The normalized spacial score (nSPS) is 15.2. The molecule has 1 aromatic rings. The molecule has 7 nitrogen and oxygen atoms in total. The summed E-state index contributed by atoms with van der Waals surface area (Å²) in [5, 5.41) is 0. The Bertz CT molecular complexity index is 700. The summed E-state index contributed by atoms with van der Waals surface area (Å²) >= 11 is 0. The van der Waals surface area contributed by atoms with E-state index in [4.69, 9.17) is 24.9 Å². The highest BCUT2D eigenvalue weighted by Gasteiger charge is 2.22. The van der Waals surface area contributed by atoms with Crippen molar-refractivity contribution >= 4 is 25.6 Å². The van der Waals surface area contributed by atoms with Crippen LogP contribution in [0.25, 0.3) is 0 Å². The number of ether oxygens (including phenoxy) is 3. The molecule has 1 amide bonds. The predicted molar refractivity (Wildman–Crippen MR) is 88.3 cm³/mol. The zero-order valence-electron chi connectivity index (χ0n) is 13.6. The van der Waals surface area contributed by atoms with Crippen molar-refractivity contribution in [2.45, 2.75) is 17.7 Å². The predicted octanol–water partition coefficient (Wildman–Crippen LogP) is 1.42. The van der Waals surface area contributed by atoms with Crippen molar-refractivity contribution in [2.75, 3.05) is 40.5 Å². The third-order valence-corrected chi connectivity index (χ3v) is 5.21. The van der Waals surface area contributed by atoms with E-state index in [2.05, 4.69) is 0 Å². The van der Waals surface area contributed by atoms with Gasteiger partial charge in [-0.05, 0) is 18.1 Å². The molecule has 2 rings (SSSR count). The number of nitrogens with zero attached hydrogens (tertiary/aromatic N) is 1. The minimum atomic E-state index is -3.97. The summed E-state index contributed by atoms with van der Waals surface area (Å²) in [5.41, 5.74) is 0.421. The molecule has 0 atom stereocenters. The summed E-state index contributed by atoms with van der Waals surface area (Å²) < 4.78 is 39.2. The van der Waals surface area contributed by atoms with Crippen molar-refractivity contribution < 1.29 is 27.4 Å². The van der Waals surface area contributed by atoms with E-state index in [1.807, 2.05) is 0 Å². The van der Waals surface area contributed by atoms with Gasteiger partial charge in [0.25, 0.3) is 9.05 Å². The number of rotatable bonds is 6. The minimum Gasteiger partial charge on any atom is -0.493 e. The Hall–Kier alpha value is -1.51. The smallest absolute Gasteiger partial charge is 0.261 e. The largest absolute Gasteiger partial charge is 0.493 e. The fourth-order valence-electron chi connectivity index (χ4n) is 2.54. The molecule has 1 fully saturated rings. The minimum absolute atomic E-state index is 0.0500. The number of carbonyl (C=O) groups excluding carboxylic acids is 1. The van der Waals surface area contributed by atoms with Crippen LogP contribution in [0, 0.1) is 0 Å².